The number of thioether (sulfide) groups is 1. The third-order valence-corrected chi connectivity index (χ3v) is 10.8. The molecule has 44 heavy (non-hydrogen) atoms. The van der Waals surface area contributed by atoms with E-state index in [1.165, 1.54) is 6.07 Å². The van der Waals surface area contributed by atoms with E-state index in [9.17, 15) is 9.18 Å². The average molecular weight is 658 g/mol. The maximum absolute atomic E-state index is 14.8. The largest absolute Gasteiger partial charge is 0.463 e. The van der Waals surface area contributed by atoms with E-state index in [4.69, 9.17) is 22.1 Å². The molecule has 2 aromatic heterocycles. The number of benzene rings is 2. The molecule has 232 valence electrons. The Morgan fingerprint density at radius 2 is 1.95 bits per heavy atom. The highest BCUT2D eigenvalue weighted by Crippen LogP contribution is 2.49. The Morgan fingerprint density at radius 1 is 1.16 bits per heavy atom. The van der Waals surface area contributed by atoms with Crippen LogP contribution in [0.15, 0.2) is 32.9 Å². The number of halogens is 2. The lowest BCUT2D eigenvalue weighted by molar-refractivity contribution is 0.126. The van der Waals surface area contributed by atoms with Gasteiger partial charge in [0, 0.05) is 73.0 Å². The van der Waals surface area contributed by atoms with Crippen molar-refractivity contribution in [3.63, 3.8) is 0 Å². The second-order valence-corrected chi connectivity index (χ2v) is 13.5. The summed E-state index contributed by atoms with van der Waals surface area (Å²) in [6, 6.07) is 5.42. The highest BCUT2D eigenvalue weighted by atomic mass is 35.5. The summed E-state index contributed by atoms with van der Waals surface area (Å²) in [7, 11) is 0. The van der Waals surface area contributed by atoms with E-state index >= 15 is 0 Å². The molecule has 1 atom stereocenters. The van der Waals surface area contributed by atoms with Crippen molar-refractivity contribution >= 4 is 72.8 Å². The van der Waals surface area contributed by atoms with Gasteiger partial charge in [0.2, 0.25) is 0 Å². The molecule has 0 radical (unpaired) electrons. The first-order chi connectivity index (χ1) is 21.4. The minimum atomic E-state index is -0.380. The Labute approximate surface area is 266 Å². The van der Waals surface area contributed by atoms with E-state index in [1.54, 1.807) is 17.8 Å². The van der Waals surface area contributed by atoms with Gasteiger partial charge >= 0.3 is 5.69 Å². The number of nitrogens with two attached hydrogens (primary N) is 1. The summed E-state index contributed by atoms with van der Waals surface area (Å²) in [6.07, 6.45) is 0. The number of rotatable bonds is 8. The second kappa shape index (κ2) is 12.3. The van der Waals surface area contributed by atoms with E-state index < -0.39 is 0 Å². The Hall–Kier alpha value is -3.17. The predicted molar refractivity (Wildman–Crippen MR) is 177 cm³/mol. The van der Waals surface area contributed by atoms with Crippen molar-refractivity contribution in [2.45, 2.75) is 17.9 Å². The van der Waals surface area contributed by atoms with Crippen LogP contribution in [0, 0.1) is 5.82 Å². The maximum Gasteiger partial charge on any atom is 0.350 e. The Bertz CT molecular complexity index is 1820. The number of nitrogens with zero attached hydrogens (tertiary/aromatic N) is 6. The molecule has 3 aliphatic rings. The number of nitrogen functional groups attached to an aromatic ring is 1. The molecule has 15 heteroatoms. The van der Waals surface area contributed by atoms with Crippen LogP contribution in [0.1, 0.15) is 13.0 Å². The Morgan fingerprint density at radius 3 is 2.73 bits per heavy atom. The molecule has 4 N–H and O–H groups in total. The first-order valence-electron chi connectivity index (χ1n) is 14.8. The number of hydrogen-bond donors (Lipinski definition) is 3. The van der Waals surface area contributed by atoms with Crippen molar-refractivity contribution in [3.8, 4) is 11.1 Å². The highest BCUT2D eigenvalue weighted by Gasteiger charge is 2.32. The van der Waals surface area contributed by atoms with Gasteiger partial charge in [0.05, 0.1) is 33.3 Å². The van der Waals surface area contributed by atoms with Gasteiger partial charge in [0.1, 0.15) is 18.2 Å². The number of aliphatic imine (C=N–C) groups is 1. The van der Waals surface area contributed by atoms with Gasteiger partial charge in [-0.25, -0.2) is 19.2 Å². The van der Waals surface area contributed by atoms with Gasteiger partial charge in [0.25, 0.3) is 6.02 Å². The van der Waals surface area contributed by atoms with Crippen LogP contribution in [0.2, 0.25) is 5.02 Å². The van der Waals surface area contributed by atoms with Gasteiger partial charge in [-0.2, -0.15) is 4.98 Å². The van der Waals surface area contributed by atoms with Crippen LogP contribution >= 0.6 is 34.7 Å². The molecule has 0 spiro atoms. The number of ether oxygens (including phenoxy) is 1. The summed E-state index contributed by atoms with van der Waals surface area (Å²) in [5, 5.41) is 7.99. The quantitative estimate of drug-likeness (QED) is 0.242. The fourth-order valence-electron chi connectivity index (χ4n) is 6.17. The molecule has 0 saturated carbocycles. The zero-order valence-electron chi connectivity index (χ0n) is 24.2. The van der Waals surface area contributed by atoms with Gasteiger partial charge in [-0.3, -0.25) is 9.47 Å². The standard InChI is InChI=1S/C29H33ClFN9O2S2/c1-2-38-8-10-39(11-9-38)14-16-15-43-25-21(17-3-4-20(31)24-22(17)36-27(32)44-24)19(30)13-18-23(25)40(16)29(41)37-26(18)33-5-6-34-28-35-7-12-42-28/h3-4,13,16H,2,5-12,14-15H2,1H3,(H2,32,36)(H,34,35)(H,33,37,41)/t16-/m0/s1. The van der Waals surface area contributed by atoms with Crippen LogP contribution in [-0.4, -0.2) is 102 Å². The molecule has 0 bridgehead atoms. The normalized spacial score (nSPS) is 19.0. The van der Waals surface area contributed by atoms with Gasteiger partial charge in [0.15, 0.2) is 5.13 Å². The fraction of sp³-hybridized carbons (Fsp3) is 0.448. The minimum Gasteiger partial charge on any atom is -0.463 e. The predicted octanol–water partition coefficient (Wildman–Crippen LogP) is 3.72. The molecular formula is C29H33ClFN9O2S2. The zero-order valence-corrected chi connectivity index (χ0v) is 26.6. The fourth-order valence-corrected chi connectivity index (χ4v) is 8.62. The van der Waals surface area contributed by atoms with E-state index in [0.717, 1.165) is 72.0 Å². The molecule has 2 aromatic carbocycles. The van der Waals surface area contributed by atoms with Crippen molar-refractivity contribution in [2.75, 3.05) is 82.3 Å². The first-order valence-corrected chi connectivity index (χ1v) is 17.0. The summed E-state index contributed by atoms with van der Waals surface area (Å²) in [6.45, 7) is 10.2. The molecule has 11 nitrogen and oxygen atoms in total. The number of nitrogens with one attached hydrogen (secondary N) is 2. The molecular weight excluding hydrogens is 625 g/mol. The SMILES string of the molecule is CCN1CCN(C[C@H]2CSc3c(-c4ccc(F)c5sc(N)nc45)c(Cl)cc4c(NCCNC5=NCCO5)nc(=O)n2c34)CC1. The minimum absolute atomic E-state index is 0.0754. The number of anilines is 2. The van der Waals surface area contributed by atoms with Crippen molar-refractivity contribution in [2.24, 2.45) is 4.99 Å². The molecule has 0 aliphatic carbocycles. The Kier molecular flexibility index (Phi) is 8.27. The lowest BCUT2D eigenvalue weighted by Gasteiger charge is -2.37. The third kappa shape index (κ3) is 5.47. The smallest absolute Gasteiger partial charge is 0.350 e. The van der Waals surface area contributed by atoms with Gasteiger partial charge in [-0.15, -0.1) is 11.8 Å². The number of hydrogen-bond acceptors (Lipinski definition) is 12. The van der Waals surface area contributed by atoms with Crippen LogP contribution in [0.4, 0.5) is 15.3 Å². The maximum atomic E-state index is 14.8. The van der Waals surface area contributed by atoms with Crippen molar-refractivity contribution in [1.29, 1.82) is 0 Å². The van der Waals surface area contributed by atoms with E-state index in [-0.39, 0.29) is 22.7 Å². The van der Waals surface area contributed by atoms with E-state index in [0.29, 0.717) is 64.6 Å². The zero-order chi connectivity index (χ0) is 30.4. The first kappa shape index (κ1) is 29.5. The van der Waals surface area contributed by atoms with Crippen LogP contribution in [0.25, 0.3) is 32.2 Å². The van der Waals surface area contributed by atoms with Crippen LogP contribution < -0.4 is 22.1 Å². The summed E-state index contributed by atoms with van der Waals surface area (Å²) >= 11 is 9.84. The molecule has 3 aliphatic heterocycles. The van der Waals surface area contributed by atoms with Crippen molar-refractivity contribution in [1.82, 2.24) is 29.7 Å². The number of aromatic nitrogens is 3. The van der Waals surface area contributed by atoms with Gasteiger partial charge in [-0.1, -0.05) is 29.9 Å². The lowest BCUT2D eigenvalue weighted by Crippen LogP contribution is -2.49. The monoisotopic (exact) mass is 657 g/mol. The van der Waals surface area contributed by atoms with Crippen molar-refractivity contribution < 1.29 is 9.13 Å². The molecule has 5 heterocycles. The average Bonchev–Trinajstić information content (AvgIpc) is 3.69. The van der Waals surface area contributed by atoms with Crippen molar-refractivity contribution in [3.05, 3.63) is 39.5 Å². The molecule has 1 fully saturated rings. The summed E-state index contributed by atoms with van der Waals surface area (Å²) < 4.78 is 22.4. The lowest BCUT2D eigenvalue weighted by atomic mass is 10.0. The number of amidine groups is 1. The molecule has 0 unspecified atom stereocenters. The summed E-state index contributed by atoms with van der Waals surface area (Å²) in [5.74, 6) is 0.759. The molecule has 7 rings (SSSR count). The summed E-state index contributed by atoms with van der Waals surface area (Å²) in [4.78, 5) is 32.9. The number of thiazole rings is 1. The van der Waals surface area contributed by atoms with E-state index in [2.05, 4.69) is 42.3 Å². The van der Waals surface area contributed by atoms with Crippen LogP contribution in [0.5, 0.6) is 0 Å². The molecule has 0 amide bonds. The van der Waals surface area contributed by atoms with Gasteiger partial charge in [-0.05, 0) is 24.7 Å². The number of likely N-dealkylation sites (N-methyl/N-ethyl adjacent to an activating group) is 1. The number of fused-ring (bicyclic) bond motifs is 1. The second-order valence-electron chi connectivity index (χ2n) is 11.0. The Balaban J connectivity index is 1.32. The van der Waals surface area contributed by atoms with Gasteiger partial charge < -0.3 is 26.0 Å². The van der Waals surface area contributed by atoms with E-state index in [1.807, 2.05) is 10.6 Å². The number of piperazine rings is 1. The topological polar surface area (TPSA) is 126 Å². The van der Waals surface area contributed by atoms with Crippen LogP contribution in [0.3, 0.4) is 0 Å². The summed E-state index contributed by atoms with van der Waals surface area (Å²) in [5.41, 5.74) is 8.35. The van der Waals surface area contributed by atoms with Crippen LogP contribution in [-0.2, 0) is 4.74 Å². The molecule has 1 saturated heterocycles. The molecule has 4 aromatic rings. The third-order valence-electron chi connectivity index (χ3n) is 8.34. The highest BCUT2D eigenvalue weighted by molar-refractivity contribution is 7.99.